The van der Waals surface area contributed by atoms with Gasteiger partial charge in [0.15, 0.2) is 0 Å². The van der Waals surface area contributed by atoms with Gasteiger partial charge in [0.1, 0.15) is 11.6 Å². The van der Waals surface area contributed by atoms with Gasteiger partial charge in [-0.05, 0) is 49.1 Å². The fraction of sp³-hybridized carbons (Fsp3) is 0.200. The highest BCUT2D eigenvalue weighted by Crippen LogP contribution is 2.20. The first-order valence-corrected chi connectivity index (χ1v) is 8.34. The van der Waals surface area contributed by atoms with Crippen molar-refractivity contribution in [3.05, 3.63) is 76.0 Å². The molecule has 128 valence electrons. The molecule has 5 heteroatoms. The number of nitrogens with one attached hydrogen (secondary N) is 2. The number of nitrogens with zero attached hydrogens (tertiary/aromatic N) is 1. The van der Waals surface area contributed by atoms with Crippen LogP contribution in [0, 0.1) is 25.2 Å². The van der Waals surface area contributed by atoms with Crippen molar-refractivity contribution in [1.82, 2.24) is 5.32 Å². The second-order valence-corrected chi connectivity index (χ2v) is 6.15. The number of anilines is 1. The molecule has 25 heavy (non-hydrogen) atoms. The van der Waals surface area contributed by atoms with Gasteiger partial charge in [-0.1, -0.05) is 41.9 Å². The minimum absolute atomic E-state index is 0.0177. The molecule has 0 radical (unpaired) electrons. The van der Waals surface area contributed by atoms with Gasteiger partial charge in [-0.3, -0.25) is 4.79 Å². The van der Waals surface area contributed by atoms with E-state index in [4.69, 9.17) is 11.6 Å². The molecule has 0 saturated carbocycles. The van der Waals surface area contributed by atoms with Crippen molar-refractivity contribution in [2.75, 3.05) is 11.9 Å². The lowest BCUT2D eigenvalue weighted by Crippen LogP contribution is -2.18. The Morgan fingerprint density at radius 2 is 1.96 bits per heavy atom. The van der Waals surface area contributed by atoms with Gasteiger partial charge < -0.3 is 10.6 Å². The zero-order valence-electron chi connectivity index (χ0n) is 14.3. The van der Waals surface area contributed by atoms with Gasteiger partial charge in [0.2, 0.25) is 0 Å². The molecule has 4 nitrogen and oxygen atoms in total. The molecule has 1 amide bonds. The van der Waals surface area contributed by atoms with Crippen LogP contribution in [0.3, 0.4) is 0 Å². The molecule has 0 atom stereocenters. The number of hydrogen-bond donors (Lipinski definition) is 2. The highest BCUT2D eigenvalue weighted by molar-refractivity contribution is 6.31. The summed E-state index contributed by atoms with van der Waals surface area (Å²) in [7, 11) is 0. The molecule has 0 saturated heterocycles. The molecule has 0 fully saturated rings. The van der Waals surface area contributed by atoms with E-state index in [1.165, 1.54) is 17.3 Å². The number of nitriles is 1. The third-order valence-corrected chi connectivity index (χ3v) is 4.09. The van der Waals surface area contributed by atoms with E-state index in [1.54, 1.807) is 12.1 Å². The molecule has 0 aliphatic rings. The molecule has 2 rings (SSSR count). The summed E-state index contributed by atoms with van der Waals surface area (Å²) in [6.07, 6.45) is 2.27. The number of benzene rings is 2. The number of hydrogen-bond acceptors (Lipinski definition) is 3. The van der Waals surface area contributed by atoms with Crippen molar-refractivity contribution in [2.45, 2.75) is 20.3 Å². The fourth-order valence-corrected chi connectivity index (χ4v) is 2.51. The lowest BCUT2D eigenvalue weighted by molar-refractivity contribution is -0.112. The first kappa shape index (κ1) is 18.6. The van der Waals surface area contributed by atoms with E-state index in [9.17, 15) is 10.1 Å². The molecule has 0 unspecified atom stereocenters. The Morgan fingerprint density at radius 3 is 2.68 bits per heavy atom. The summed E-state index contributed by atoms with van der Waals surface area (Å²) in [5.74, 6) is -0.462. The van der Waals surface area contributed by atoms with Gasteiger partial charge >= 0.3 is 0 Å². The summed E-state index contributed by atoms with van der Waals surface area (Å²) in [5, 5.41) is 15.5. The first-order chi connectivity index (χ1) is 12.0. The third kappa shape index (κ3) is 5.37. The Kier molecular flexibility index (Phi) is 6.62. The van der Waals surface area contributed by atoms with Crippen molar-refractivity contribution in [1.29, 1.82) is 5.26 Å². The minimum Gasteiger partial charge on any atom is -0.389 e. The molecule has 0 spiro atoms. The van der Waals surface area contributed by atoms with E-state index in [1.807, 2.05) is 31.2 Å². The Labute approximate surface area is 153 Å². The molecule has 0 aliphatic carbocycles. The third-order valence-electron chi connectivity index (χ3n) is 3.86. The highest BCUT2D eigenvalue weighted by atomic mass is 35.5. The number of amides is 1. The number of halogens is 1. The van der Waals surface area contributed by atoms with Crippen LogP contribution in [0.1, 0.15) is 16.7 Å². The van der Waals surface area contributed by atoms with Crippen LogP contribution in [0.15, 0.2) is 54.2 Å². The smallest absolute Gasteiger partial charge is 0.267 e. The lowest BCUT2D eigenvalue weighted by atomic mass is 10.1. The highest BCUT2D eigenvalue weighted by Gasteiger charge is 2.11. The predicted molar refractivity (Wildman–Crippen MR) is 101 cm³/mol. The van der Waals surface area contributed by atoms with Gasteiger partial charge in [-0.25, -0.2) is 0 Å². The van der Waals surface area contributed by atoms with Crippen LogP contribution in [-0.2, 0) is 11.2 Å². The zero-order chi connectivity index (χ0) is 18.2. The van der Waals surface area contributed by atoms with Crippen LogP contribution in [0.2, 0.25) is 5.02 Å². The Balaban J connectivity index is 1.95. The van der Waals surface area contributed by atoms with Gasteiger partial charge in [-0.2, -0.15) is 5.26 Å². The number of carbonyl (C=O) groups excluding carboxylic acids is 1. The summed E-state index contributed by atoms with van der Waals surface area (Å²) in [5.41, 5.74) is 3.95. The normalized spacial score (nSPS) is 10.9. The molecule has 0 aliphatic heterocycles. The van der Waals surface area contributed by atoms with Gasteiger partial charge in [-0.15, -0.1) is 0 Å². The second kappa shape index (κ2) is 8.91. The van der Waals surface area contributed by atoms with E-state index in [0.717, 1.165) is 12.0 Å². The molecular formula is C20H20ClN3O. The molecule has 0 heterocycles. The average molecular weight is 354 g/mol. The van der Waals surface area contributed by atoms with Crippen LogP contribution in [0.25, 0.3) is 0 Å². The van der Waals surface area contributed by atoms with Crippen LogP contribution in [0.5, 0.6) is 0 Å². The van der Waals surface area contributed by atoms with Gasteiger partial charge in [0.25, 0.3) is 5.91 Å². The summed E-state index contributed by atoms with van der Waals surface area (Å²) in [6.45, 7) is 4.56. The molecule has 2 N–H and O–H groups in total. The van der Waals surface area contributed by atoms with Crippen molar-refractivity contribution in [3.63, 3.8) is 0 Å². The Morgan fingerprint density at radius 1 is 1.20 bits per heavy atom. The average Bonchev–Trinajstić information content (AvgIpc) is 2.59. The van der Waals surface area contributed by atoms with Gasteiger partial charge in [0, 0.05) is 23.5 Å². The monoisotopic (exact) mass is 353 g/mol. The van der Waals surface area contributed by atoms with Crippen LogP contribution in [0.4, 0.5) is 5.69 Å². The van der Waals surface area contributed by atoms with E-state index in [2.05, 4.69) is 29.7 Å². The summed E-state index contributed by atoms with van der Waals surface area (Å²) in [4.78, 5) is 12.2. The number of aryl methyl sites for hydroxylation is 2. The lowest BCUT2D eigenvalue weighted by Gasteiger charge is -2.09. The second-order valence-electron chi connectivity index (χ2n) is 5.71. The molecule has 0 aromatic heterocycles. The summed E-state index contributed by atoms with van der Waals surface area (Å²) in [6, 6.07) is 15.3. The van der Waals surface area contributed by atoms with Crippen LogP contribution >= 0.6 is 11.6 Å². The SMILES string of the molecule is Cc1ccccc1CCN/C=C(/C#N)C(=O)Nc1cc(Cl)ccc1C. The maximum Gasteiger partial charge on any atom is 0.267 e. The first-order valence-electron chi connectivity index (χ1n) is 7.97. The van der Waals surface area contributed by atoms with Crippen molar-refractivity contribution in [3.8, 4) is 6.07 Å². The van der Waals surface area contributed by atoms with Gasteiger partial charge in [0.05, 0.1) is 0 Å². The largest absolute Gasteiger partial charge is 0.389 e. The van der Waals surface area contributed by atoms with E-state index in [-0.39, 0.29) is 5.57 Å². The molecule has 2 aromatic rings. The Hall–Kier alpha value is -2.77. The van der Waals surface area contributed by atoms with Crippen LogP contribution < -0.4 is 10.6 Å². The Bertz CT molecular complexity index is 837. The molecular weight excluding hydrogens is 334 g/mol. The zero-order valence-corrected chi connectivity index (χ0v) is 15.0. The standard InChI is InChI=1S/C20H20ClN3O/c1-14-5-3-4-6-16(14)9-10-23-13-17(12-22)20(25)24-19-11-18(21)8-7-15(19)2/h3-8,11,13,23H,9-10H2,1-2H3,(H,24,25)/b17-13-. The quantitative estimate of drug-likeness (QED) is 0.466. The van der Waals surface area contributed by atoms with Crippen molar-refractivity contribution in [2.24, 2.45) is 0 Å². The topological polar surface area (TPSA) is 64.9 Å². The number of rotatable bonds is 6. The van der Waals surface area contributed by atoms with E-state index < -0.39 is 5.91 Å². The van der Waals surface area contributed by atoms with Crippen molar-refractivity contribution >= 4 is 23.2 Å². The van der Waals surface area contributed by atoms with E-state index in [0.29, 0.717) is 17.3 Å². The van der Waals surface area contributed by atoms with Crippen LogP contribution in [-0.4, -0.2) is 12.5 Å². The maximum absolute atomic E-state index is 12.2. The predicted octanol–water partition coefficient (Wildman–Crippen LogP) is 4.14. The summed E-state index contributed by atoms with van der Waals surface area (Å²) < 4.78 is 0. The minimum atomic E-state index is -0.462. The molecule has 2 aromatic carbocycles. The van der Waals surface area contributed by atoms with Crippen molar-refractivity contribution < 1.29 is 4.79 Å². The summed E-state index contributed by atoms with van der Waals surface area (Å²) >= 11 is 5.94. The molecule has 0 bridgehead atoms. The maximum atomic E-state index is 12.2. The fourth-order valence-electron chi connectivity index (χ4n) is 2.34. The number of carbonyl (C=O) groups is 1. The van der Waals surface area contributed by atoms with E-state index >= 15 is 0 Å².